The summed E-state index contributed by atoms with van der Waals surface area (Å²) < 4.78 is 6.60. The molecule has 4 nitrogen and oxygen atoms in total. The van der Waals surface area contributed by atoms with Gasteiger partial charge in [-0.2, -0.15) is 0 Å². The van der Waals surface area contributed by atoms with Gasteiger partial charge < -0.3 is 15.4 Å². The standard InChI is InChI=1S/C15H21BrN2O2/c16-13-4-1-2-5-14(13)20-9-3-6-15(19)18-8-7-12(10-17)11-18/h1-2,4-5,12H,3,6-11,17H2/t12-/m1/s1. The SMILES string of the molecule is NC[C@H]1CCN(C(=O)CCCOc2ccccc2Br)C1. The van der Waals surface area contributed by atoms with Crippen LogP contribution in [0.25, 0.3) is 0 Å². The Bertz CT molecular complexity index is 453. The molecule has 1 aromatic rings. The van der Waals surface area contributed by atoms with Gasteiger partial charge in [-0.15, -0.1) is 0 Å². The second kappa shape index (κ2) is 7.64. The van der Waals surface area contributed by atoms with Crippen LogP contribution in [0.4, 0.5) is 0 Å². The molecule has 0 bridgehead atoms. The molecule has 0 aromatic heterocycles. The molecule has 1 heterocycles. The Morgan fingerprint density at radius 2 is 2.25 bits per heavy atom. The Kier molecular flexibility index (Phi) is 5.86. The minimum atomic E-state index is 0.219. The summed E-state index contributed by atoms with van der Waals surface area (Å²) in [6, 6.07) is 7.74. The zero-order chi connectivity index (χ0) is 14.4. The van der Waals surface area contributed by atoms with Crippen LogP contribution in [0.2, 0.25) is 0 Å². The maximum Gasteiger partial charge on any atom is 0.222 e. The number of hydrogen-bond acceptors (Lipinski definition) is 3. The number of halogens is 1. The first kappa shape index (κ1) is 15.3. The molecule has 1 aliphatic heterocycles. The summed E-state index contributed by atoms with van der Waals surface area (Å²) in [5.74, 6) is 1.52. The van der Waals surface area contributed by atoms with Gasteiger partial charge in [0.1, 0.15) is 5.75 Å². The molecule has 5 heteroatoms. The molecular formula is C15H21BrN2O2. The van der Waals surface area contributed by atoms with E-state index in [1.165, 1.54) is 0 Å². The van der Waals surface area contributed by atoms with E-state index >= 15 is 0 Å². The van der Waals surface area contributed by atoms with Crippen molar-refractivity contribution in [2.24, 2.45) is 11.7 Å². The molecule has 0 unspecified atom stereocenters. The third kappa shape index (κ3) is 4.21. The van der Waals surface area contributed by atoms with Gasteiger partial charge in [-0.05, 0) is 53.4 Å². The third-order valence-electron chi connectivity index (χ3n) is 3.60. The van der Waals surface area contributed by atoms with Crippen LogP contribution >= 0.6 is 15.9 Å². The molecule has 1 fully saturated rings. The maximum atomic E-state index is 12.0. The van der Waals surface area contributed by atoms with Gasteiger partial charge in [0.25, 0.3) is 0 Å². The third-order valence-corrected chi connectivity index (χ3v) is 4.26. The summed E-state index contributed by atoms with van der Waals surface area (Å²) in [5.41, 5.74) is 5.63. The summed E-state index contributed by atoms with van der Waals surface area (Å²) in [4.78, 5) is 13.9. The summed E-state index contributed by atoms with van der Waals surface area (Å²) >= 11 is 3.43. The normalized spacial score (nSPS) is 18.3. The largest absolute Gasteiger partial charge is 0.492 e. The number of carbonyl (C=O) groups is 1. The molecule has 2 N–H and O–H groups in total. The number of amides is 1. The Labute approximate surface area is 128 Å². The second-order valence-electron chi connectivity index (χ2n) is 5.11. The van der Waals surface area contributed by atoms with E-state index < -0.39 is 0 Å². The predicted octanol–water partition coefficient (Wildman–Crippen LogP) is 2.42. The van der Waals surface area contributed by atoms with Crippen molar-refractivity contribution in [3.63, 3.8) is 0 Å². The van der Waals surface area contributed by atoms with Crippen LogP contribution in [0, 0.1) is 5.92 Å². The van der Waals surface area contributed by atoms with E-state index in [0.717, 1.165) is 36.2 Å². The molecule has 1 saturated heterocycles. The summed E-state index contributed by atoms with van der Waals surface area (Å²) in [5, 5.41) is 0. The molecule has 110 valence electrons. The van der Waals surface area contributed by atoms with Crippen molar-refractivity contribution in [2.75, 3.05) is 26.2 Å². The smallest absolute Gasteiger partial charge is 0.222 e. The van der Waals surface area contributed by atoms with Crippen LogP contribution in [-0.4, -0.2) is 37.0 Å². The minimum Gasteiger partial charge on any atom is -0.492 e. The zero-order valence-corrected chi connectivity index (χ0v) is 13.1. The van der Waals surface area contributed by atoms with Gasteiger partial charge in [-0.3, -0.25) is 4.79 Å². The van der Waals surface area contributed by atoms with Gasteiger partial charge in [-0.25, -0.2) is 0 Å². The van der Waals surface area contributed by atoms with E-state index in [1.54, 1.807) is 0 Å². The second-order valence-corrected chi connectivity index (χ2v) is 5.97. The van der Waals surface area contributed by atoms with Crippen LogP contribution < -0.4 is 10.5 Å². The number of nitrogens with zero attached hydrogens (tertiary/aromatic N) is 1. The van der Waals surface area contributed by atoms with E-state index in [-0.39, 0.29) is 5.91 Å². The highest BCUT2D eigenvalue weighted by Crippen LogP contribution is 2.24. The number of hydrogen-bond donors (Lipinski definition) is 1. The number of nitrogens with two attached hydrogens (primary N) is 1. The fraction of sp³-hybridized carbons (Fsp3) is 0.533. The molecule has 2 rings (SSSR count). The van der Waals surface area contributed by atoms with Crippen LogP contribution in [-0.2, 0) is 4.79 Å². The van der Waals surface area contributed by atoms with Crippen molar-refractivity contribution in [3.05, 3.63) is 28.7 Å². The van der Waals surface area contributed by atoms with Gasteiger partial charge in [0.2, 0.25) is 5.91 Å². The molecule has 1 atom stereocenters. The van der Waals surface area contributed by atoms with E-state index in [0.29, 0.717) is 25.5 Å². The molecular weight excluding hydrogens is 320 g/mol. The molecule has 20 heavy (non-hydrogen) atoms. The lowest BCUT2D eigenvalue weighted by molar-refractivity contribution is -0.130. The summed E-state index contributed by atoms with van der Waals surface area (Å²) in [6.07, 6.45) is 2.32. The lowest BCUT2D eigenvalue weighted by Crippen LogP contribution is -2.29. The fourth-order valence-corrected chi connectivity index (χ4v) is 2.78. The van der Waals surface area contributed by atoms with Crippen molar-refractivity contribution in [1.29, 1.82) is 0 Å². The summed E-state index contributed by atoms with van der Waals surface area (Å²) in [6.45, 7) is 2.91. The minimum absolute atomic E-state index is 0.219. The van der Waals surface area contributed by atoms with Crippen LogP contribution in [0.1, 0.15) is 19.3 Å². The van der Waals surface area contributed by atoms with Crippen molar-refractivity contribution < 1.29 is 9.53 Å². The van der Waals surface area contributed by atoms with Gasteiger partial charge in [0.15, 0.2) is 0 Å². The average molecular weight is 341 g/mol. The van der Waals surface area contributed by atoms with Gasteiger partial charge in [0, 0.05) is 19.5 Å². The quantitative estimate of drug-likeness (QED) is 0.809. The van der Waals surface area contributed by atoms with Crippen molar-refractivity contribution >= 4 is 21.8 Å². The number of para-hydroxylation sites is 1. The highest BCUT2D eigenvalue weighted by molar-refractivity contribution is 9.10. The van der Waals surface area contributed by atoms with E-state index in [4.69, 9.17) is 10.5 Å². The predicted molar refractivity (Wildman–Crippen MR) is 82.6 cm³/mol. The van der Waals surface area contributed by atoms with Gasteiger partial charge >= 0.3 is 0 Å². The van der Waals surface area contributed by atoms with E-state index in [9.17, 15) is 4.79 Å². The summed E-state index contributed by atoms with van der Waals surface area (Å²) in [7, 11) is 0. The van der Waals surface area contributed by atoms with E-state index in [2.05, 4.69) is 15.9 Å². The monoisotopic (exact) mass is 340 g/mol. The van der Waals surface area contributed by atoms with Crippen LogP contribution in [0.15, 0.2) is 28.7 Å². The maximum absolute atomic E-state index is 12.0. The highest BCUT2D eigenvalue weighted by Gasteiger charge is 2.24. The van der Waals surface area contributed by atoms with Crippen molar-refractivity contribution in [3.8, 4) is 5.75 Å². The highest BCUT2D eigenvalue weighted by atomic mass is 79.9. The number of benzene rings is 1. The van der Waals surface area contributed by atoms with E-state index in [1.807, 2.05) is 29.2 Å². The number of likely N-dealkylation sites (tertiary alicyclic amines) is 1. The number of rotatable bonds is 6. The van der Waals surface area contributed by atoms with Crippen molar-refractivity contribution in [1.82, 2.24) is 4.90 Å². The topological polar surface area (TPSA) is 55.6 Å². The van der Waals surface area contributed by atoms with Crippen molar-refractivity contribution in [2.45, 2.75) is 19.3 Å². The molecule has 0 radical (unpaired) electrons. The molecule has 1 amide bonds. The number of ether oxygens (including phenoxy) is 1. The molecule has 0 saturated carbocycles. The Morgan fingerprint density at radius 1 is 1.45 bits per heavy atom. The number of carbonyl (C=O) groups excluding carboxylic acids is 1. The zero-order valence-electron chi connectivity index (χ0n) is 11.6. The molecule has 1 aromatic carbocycles. The van der Waals surface area contributed by atoms with Gasteiger partial charge in [-0.1, -0.05) is 12.1 Å². The Morgan fingerprint density at radius 3 is 2.95 bits per heavy atom. The lowest BCUT2D eigenvalue weighted by Gasteiger charge is -2.16. The first-order valence-corrected chi connectivity index (χ1v) is 7.85. The first-order chi connectivity index (χ1) is 9.70. The fourth-order valence-electron chi connectivity index (χ4n) is 2.38. The van der Waals surface area contributed by atoms with Crippen LogP contribution in [0.3, 0.4) is 0 Å². The molecule has 0 aliphatic carbocycles. The van der Waals surface area contributed by atoms with Crippen LogP contribution in [0.5, 0.6) is 5.75 Å². The Hall–Kier alpha value is -1.07. The first-order valence-electron chi connectivity index (χ1n) is 7.06. The Balaban J connectivity index is 1.66. The van der Waals surface area contributed by atoms with Gasteiger partial charge in [0.05, 0.1) is 11.1 Å². The molecule has 0 spiro atoms. The lowest BCUT2D eigenvalue weighted by atomic mass is 10.1. The average Bonchev–Trinajstić information content (AvgIpc) is 2.94. The molecule has 1 aliphatic rings.